The predicted molar refractivity (Wildman–Crippen MR) is 111 cm³/mol. The Morgan fingerprint density at radius 3 is 2.68 bits per heavy atom. The summed E-state index contributed by atoms with van der Waals surface area (Å²) < 4.78 is 35.1. The lowest BCUT2D eigenvalue weighted by molar-refractivity contribution is -0.135. The molecule has 0 saturated carbocycles. The third-order valence-corrected chi connectivity index (χ3v) is 5.45. The molecule has 2 atom stereocenters. The molecule has 7 nitrogen and oxygen atoms in total. The van der Waals surface area contributed by atoms with E-state index < -0.39 is 30.1 Å². The molecule has 9 heteroatoms. The van der Waals surface area contributed by atoms with Gasteiger partial charge in [0.25, 0.3) is 5.92 Å². The number of anilines is 1. The minimum atomic E-state index is -3.10. The normalized spacial score (nSPS) is 23.8. The number of carbonyl (C=O) groups excluding carboxylic acids is 3. The van der Waals surface area contributed by atoms with Crippen molar-refractivity contribution in [2.24, 2.45) is 5.92 Å². The molecule has 2 aliphatic heterocycles. The third-order valence-electron chi connectivity index (χ3n) is 5.45. The van der Waals surface area contributed by atoms with Crippen LogP contribution in [0, 0.1) is 5.92 Å². The highest BCUT2D eigenvalue weighted by atomic mass is 19.3. The van der Waals surface area contributed by atoms with Crippen LogP contribution in [0.4, 0.5) is 19.3 Å². The van der Waals surface area contributed by atoms with Crippen LogP contribution >= 0.6 is 0 Å². The standard InChI is InChI=1S/C22H29F2N3O4/c1-21(2,3)31-20(30)27-10-9-17(22(23,24)13-27)14-5-4-6-16(11-14)25-12-15-7-8-18(28)26-19(15)29/h4-6,11,15,17,25H,7-10,12-13H2,1-3H3,(H,26,28,29)/t15-,17-/m1/s1. The van der Waals surface area contributed by atoms with Crippen LogP contribution < -0.4 is 10.6 Å². The molecule has 0 unspecified atom stereocenters. The summed E-state index contributed by atoms with van der Waals surface area (Å²) in [7, 11) is 0. The quantitative estimate of drug-likeness (QED) is 0.704. The van der Waals surface area contributed by atoms with Crippen molar-refractivity contribution < 1.29 is 27.9 Å². The van der Waals surface area contributed by atoms with Crippen molar-refractivity contribution in [2.75, 3.05) is 25.0 Å². The van der Waals surface area contributed by atoms with E-state index >= 15 is 0 Å². The molecule has 2 saturated heterocycles. The molecule has 0 aromatic heterocycles. The first kappa shape index (κ1) is 23.0. The number of nitrogens with one attached hydrogen (secondary N) is 2. The number of alkyl halides is 2. The number of amides is 3. The molecule has 1 aromatic rings. The number of ether oxygens (including phenoxy) is 1. The van der Waals surface area contributed by atoms with Gasteiger partial charge in [-0.2, -0.15) is 0 Å². The number of halogens is 2. The van der Waals surface area contributed by atoms with Crippen LogP contribution in [0.5, 0.6) is 0 Å². The molecule has 31 heavy (non-hydrogen) atoms. The minimum absolute atomic E-state index is 0.114. The van der Waals surface area contributed by atoms with Gasteiger partial charge in [-0.15, -0.1) is 0 Å². The molecule has 0 aliphatic carbocycles. The van der Waals surface area contributed by atoms with Gasteiger partial charge in [0.05, 0.1) is 18.4 Å². The number of likely N-dealkylation sites (tertiary alicyclic amines) is 1. The van der Waals surface area contributed by atoms with E-state index in [9.17, 15) is 23.2 Å². The van der Waals surface area contributed by atoms with Gasteiger partial charge in [0.2, 0.25) is 11.8 Å². The number of imide groups is 1. The zero-order chi connectivity index (χ0) is 22.8. The van der Waals surface area contributed by atoms with Crippen LogP contribution in [0.25, 0.3) is 0 Å². The molecule has 0 spiro atoms. The monoisotopic (exact) mass is 437 g/mol. The number of nitrogens with zero attached hydrogens (tertiary/aromatic N) is 1. The second-order valence-electron chi connectivity index (χ2n) is 9.16. The molecular formula is C22H29F2N3O4. The fraction of sp³-hybridized carbons (Fsp3) is 0.591. The SMILES string of the molecule is CC(C)(C)OC(=O)N1CC[C@H](c2cccc(NC[C@H]3CCC(=O)NC3=O)c2)C(F)(F)C1. The Bertz CT molecular complexity index is 853. The second kappa shape index (κ2) is 8.80. The summed E-state index contributed by atoms with van der Waals surface area (Å²) in [5, 5.41) is 5.42. The maximum absolute atomic E-state index is 14.9. The van der Waals surface area contributed by atoms with Gasteiger partial charge in [-0.3, -0.25) is 14.9 Å². The lowest BCUT2D eigenvalue weighted by atomic mass is 9.86. The summed E-state index contributed by atoms with van der Waals surface area (Å²) in [5.41, 5.74) is 0.362. The van der Waals surface area contributed by atoms with Crippen LogP contribution in [-0.2, 0) is 14.3 Å². The van der Waals surface area contributed by atoms with E-state index in [1.807, 2.05) is 0 Å². The van der Waals surface area contributed by atoms with Gasteiger partial charge in [-0.1, -0.05) is 12.1 Å². The van der Waals surface area contributed by atoms with Crippen LogP contribution in [0.3, 0.4) is 0 Å². The maximum Gasteiger partial charge on any atom is 0.410 e. The molecule has 2 heterocycles. The molecule has 1 aromatic carbocycles. The predicted octanol–water partition coefficient (Wildman–Crippen LogP) is 3.51. The number of hydrogen-bond acceptors (Lipinski definition) is 5. The van der Waals surface area contributed by atoms with E-state index in [0.29, 0.717) is 30.6 Å². The van der Waals surface area contributed by atoms with Crippen LogP contribution in [0.2, 0.25) is 0 Å². The van der Waals surface area contributed by atoms with Gasteiger partial charge in [-0.05, 0) is 51.3 Å². The highest BCUT2D eigenvalue weighted by molar-refractivity contribution is 5.98. The van der Waals surface area contributed by atoms with E-state index in [0.717, 1.165) is 4.90 Å². The van der Waals surface area contributed by atoms with Crippen molar-refractivity contribution in [3.05, 3.63) is 29.8 Å². The van der Waals surface area contributed by atoms with Crippen molar-refractivity contribution in [3.63, 3.8) is 0 Å². The van der Waals surface area contributed by atoms with Gasteiger partial charge in [0.15, 0.2) is 0 Å². The van der Waals surface area contributed by atoms with E-state index in [1.54, 1.807) is 45.0 Å². The number of rotatable bonds is 4. The summed E-state index contributed by atoms with van der Waals surface area (Å²) in [4.78, 5) is 36.4. The van der Waals surface area contributed by atoms with E-state index in [-0.39, 0.29) is 30.7 Å². The molecule has 2 aliphatic rings. The van der Waals surface area contributed by atoms with E-state index in [2.05, 4.69) is 10.6 Å². The number of carbonyl (C=O) groups is 3. The Morgan fingerprint density at radius 2 is 2.03 bits per heavy atom. The molecule has 170 valence electrons. The fourth-order valence-corrected chi connectivity index (χ4v) is 3.87. The molecule has 0 bridgehead atoms. The first-order valence-corrected chi connectivity index (χ1v) is 10.5. The van der Waals surface area contributed by atoms with Crippen LogP contribution in [0.1, 0.15) is 51.5 Å². The Morgan fingerprint density at radius 1 is 1.29 bits per heavy atom. The smallest absolute Gasteiger partial charge is 0.410 e. The Labute approximate surface area is 180 Å². The van der Waals surface area contributed by atoms with Gasteiger partial charge >= 0.3 is 6.09 Å². The lowest BCUT2D eigenvalue weighted by Crippen LogP contribution is -2.50. The summed E-state index contributed by atoms with van der Waals surface area (Å²) >= 11 is 0. The van der Waals surface area contributed by atoms with Crippen molar-refractivity contribution in [2.45, 2.75) is 57.5 Å². The minimum Gasteiger partial charge on any atom is -0.444 e. The lowest BCUT2D eigenvalue weighted by Gasteiger charge is -2.39. The van der Waals surface area contributed by atoms with Crippen molar-refractivity contribution in [1.29, 1.82) is 0 Å². The van der Waals surface area contributed by atoms with Gasteiger partial charge in [-0.25, -0.2) is 13.6 Å². The fourth-order valence-electron chi connectivity index (χ4n) is 3.87. The highest BCUT2D eigenvalue weighted by Crippen LogP contribution is 2.41. The first-order valence-electron chi connectivity index (χ1n) is 10.5. The van der Waals surface area contributed by atoms with E-state index in [1.165, 1.54) is 0 Å². The maximum atomic E-state index is 14.9. The molecule has 2 N–H and O–H groups in total. The van der Waals surface area contributed by atoms with Crippen molar-refractivity contribution in [1.82, 2.24) is 10.2 Å². The summed E-state index contributed by atoms with van der Waals surface area (Å²) in [6.45, 7) is 4.90. The Balaban J connectivity index is 1.63. The zero-order valence-corrected chi connectivity index (χ0v) is 18.0. The number of benzene rings is 1. The molecule has 3 rings (SSSR count). The van der Waals surface area contributed by atoms with Gasteiger partial charge in [0.1, 0.15) is 5.60 Å². The Hall–Kier alpha value is -2.71. The molecular weight excluding hydrogens is 408 g/mol. The average Bonchev–Trinajstić information content (AvgIpc) is 2.65. The summed E-state index contributed by atoms with van der Waals surface area (Å²) in [6, 6.07) is 6.76. The number of hydrogen-bond donors (Lipinski definition) is 2. The molecule has 2 fully saturated rings. The van der Waals surface area contributed by atoms with Gasteiger partial charge < -0.3 is 15.0 Å². The molecule has 3 amide bonds. The van der Waals surface area contributed by atoms with Gasteiger partial charge in [0, 0.05) is 25.2 Å². The molecule has 0 radical (unpaired) electrons. The first-order chi connectivity index (χ1) is 14.4. The van der Waals surface area contributed by atoms with Crippen LogP contribution in [0.15, 0.2) is 24.3 Å². The Kier molecular flexibility index (Phi) is 6.52. The topological polar surface area (TPSA) is 87.7 Å². The second-order valence-corrected chi connectivity index (χ2v) is 9.16. The third kappa shape index (κ3) is 5.92. The summed E-state index contributed by atoms with van der Waals surface area (Å²) in [5.74, 6) is -5.07. The summed E-state index contributed by atoms with van der Waals surface area (Å²) in [6.07, 6.45) is 0.132. The van der Waals surface area contributed by atoms with Crippen molar-refractivity contribution >= 4 is 23.6 Å². The van der Waals surface area contributed by atoms with E-state index in [4.69, 9.17) is 4.74 Å². The average molecular weight is 437 g/mol. The van der Waals surface area contributed by atoms with Crippen molar-refractivity contribution in [3.8, 4) is 0 Å². The zero-order valence-electron chi connectivity index (χ0n) is 18.0. The highest BCUT2D eigenvalue weighted by Gasteiger charge is 2.47. The largest absolute Gasteiger partial charge is 0.444 e. The van der Waals surface area contributed by atoms with Crippen LogP contribution in [-0.4, -0.2) is 54.0 Å². The number of piperidine rings is 2.